The smallest absolute Gasteiger partial charge is 0.0833 e. The first-order valence-electron chi connectivity index (χ1n) is 7.35. The molecule has 0 fully saturated rings. The van der Waals surface area contributed by atoms with Crippen molar-refractivity contribution in [2.45, 2.75) is 46.6 Å². The number of hydrogen-bond acceptors (Lipinski definition) is 1. The van der Waals surface area contributed by atoms with Crippen molar-refractivity contribution >= 4 is 0 Å². The lowest BCUT2D eigenvalue weighted by atomic mass is 9.91. The third-order valence-corrected chi connectivity index (χ3v) is 4.03. The Bertz CT molecular complexity index is 575. The van der Waals surface area contributed by atoms with Crippen LogP contribution in [0.3, 0.4) is 0 Å². The molecule has 1 heteroatoms. The SMILES string of the molecule is CCc1ccccc1C(O)Cc1c(C)cc(C)cc1C. The van der Waals surface area contributed by atoms with Crippen molar-refractivity contribution in [3.63, 3.8) is 0 Å². The molecule has 0 aliphatic carbocycles. The molecule has 1 nitrogen and oxygen atoms in total. The summed E-state index contributed by atoms with van der Waals surface area (Å²) >= 11 is 0. The van der Waals surface area contributed by atoms with Crippen molar-refractivity contribution < 1.29 is 5.11 Å². The van der Waals surface area contributed by atoms with Crippen LogP contribution in [0.1, 0.15) is 46.4 Å². The minimum Gasteiger partial charge on any atom is -0.388 e. The highest BCUT2D eigenvalue weighted by Gasteiger charge is 2.14. The maximum atomic E-state index is 10.6. The maximum absolute atomic E-state index is 10.6. The van der Waals surface area contributed by atoms with Gasteiger partial charge in [0.2, 0.25) is 0 Å². The summed E-state index contributed by atoms with van der Waals surface area (Å²) in [5, 5.41) is 10.6. The Morgan fingerprint density at radius 1 is 1.00 bits per heavy atom. The molecule has 1 unspecified atom stereocenters. The van der Waals surface area contributed by atoms with Crippen molar-refractivity contribution in [1.82, 2.24) is 0 Å². The summed E-state index contributed by atoms with van der Waals surface area (Å²) in [4.78, 5) is 0. The monoisotopic (exact) mass is 268 g/mol. The van der Waals surface area contributed by atoms with E-state index in [0.29, 0.717) is 6.42 Å². The number of aliphatic hydroxyl groups excluding tert-OH is 1. The molecule has 106 valence electrons. The highest BCUT2D eigenvalue weighted by Crippen LogP contribution is 2.26. The number of benzene rings is 2. The zero-order valence-electron chi connectivity index (χ0n) is 12.9. The molecule has 20 heavy (non-hydrogen) atoms. The largest absolute Gasteiger partial charge is 0.388 e. The van der Waals surface area contributed by atoms with Crippen molar-refractivity contribution in [3.8, 4) is 0 Å². The Kier molecular flexibility index (Phi) is 4.61. The molecule has 1 N–H and O–H groups in total. The van der Waals surface area contributed by atoms with Gasteiger partial charge < -0.3 is 5.11 Å². The summed E-state index contributed by atoms with van der Waals surface area (Å²) in [5.74, 6) is 0. The molecule has 0 saturated heterocycles. The summed E-state index contributed by atoms with van der Waals surface area (Å²) in [6, 6.07) is 12.6. The van der Waals surface area contributed by atoms with Gasteiger partial charge in [-0.05, 0) is 55.0 Å². The molecule has 0 aromatic heterocycles. The van der Waals surface area contributed by atoms with Crippen LogP contribution in [0, 0.1) is 20.8 Å². The second kappa shape index (κ2) is 6.23. The first kappa shape index (κ1) is 14.8. The highest BCUT2D eigenvalue weighted by molar-refractivity contribution is 5.39. The molecule has 0 aliphatic rings. The average molecular weight is 268 g/mol. The summed E-state index contributed by atoms with van der Waals surface area (Å²) in [6.45, 7) is 8.52. The lowest BCUT2D eigenvalue weighted by Crippen LogP contribution is -2.07. The van der Waals surface area contributed by atoms with E-state index in [9.17, 15) is 5.11 Å². The molecule has 2 aromatic rings. The van der Waals surface area contributed by atoms with E-state index in [1.54, 1.807) is 0 Å². The van der Waals surface area contributed by atoms with Gasteiger partial charge in [-0.25, -0.2) is 0 Å². The number of rotatable bonds is 4. The van der Waals surface area contributed by atoms with Gasteiger partial charge in [0, 0.05) is 6.42 Å². The van der Waals surface area contributed by atoms with E-state index in [1.807, 2.05) is 18.2 Å². The Labute approximate surface area is 122 Å². The van der Waals surface area contributed by atoms with Gasteiger partial charge in [0.15, 0.2) is 0 Å². The molecule has 0 spiro atoms. The molecule has 2 aromatic carbocycles. The van der Waals surface area contributed by atoms with Crippen molar-refractivity contribution in [1.29, 1.82) is 0 Å². The maximum Gasteiger partial charge on any atom is 0.0833 e. The standard InChI is InChI=1S/C19H24O/c1-5-16-8-6-7-9-17(16)19(20)12-18-14(3)10-13(2)11-15(18)4/h6-11,19-20H,5,12H2,1-4H3. The van der Waals surface area contributed by atoms with Gasteiger partial charge in [0.25, 0.3) is 0 Å². The van der Waals surface area contributed by atoms with Crippen molar-refractivity contribution in [2.75, 3.05) is 0 Å². The van der Waals surface area contributed by atoms with E-state index < -0.39 is 6.10 Å². The third-order valence-electron chi connectivity index (χ3n) is 4.03. The lowest BCUT2D eigenvalue weighted by Gasteiger charge is -2.18. The summed E-state index contributed by atoms with van der Waals surface area (Å²) in [6.07, 6.45) is 1.22. The normalized spacial score (nSPS) is 12.4. The van der Waals surface area contributed by atoms with Crippen LogP contribution in [0.4, 0.5) is 0 Å². The molecular weight excluding hydrogens is 244 g/mol. The second-order valence-corrected chi connectivity index (χ2v) is 5.65. The zero-order chi connectivity index (χ0) is 14.7. The van der Waals surface area contributed by atoms with Gasteiger partial charge in [-0.15, -0.1) is 0 Å². The second-order valence-electron chi connectivity index (χ2n) is 5.65. The van der Waals surface area contributed by atoms with Crippen LogP contribution in [0.15, 0.2) is 36.4 Å². The Morgan fingerprint density at radius 3 is 2.20 bits per heavy atom. The molecular formula is C19H24O. The number of aliphatic hydroxyl groups is 1. The molecule has 0 amide bonds. The first-order valence-corrected chi connectivity index (χ1v) is 7.35. The number of aryl methyl sites for hydroxylation is 4. The summed E-state index contributed by atoms with van der Waals surface area (Å²) < 4.78 is 0. The minimum atomic E-state index is -0.425. The Morgan fingerprint density at radius 2 is 1.60 bits per heavy atom. The van der Waals surface area contributed by atoms with Crippen molar-refractivity contribution in [2.24, 2.45) is 0 Å². The topological polar surface area (TPSA) is 20.2 Å². The number of hydrogen-bond donors (Lipinski definition) is 1. The van der Waals surface area contributed by atoms with E-state index in [-0.39, 0.29) is 0 Å². The van der Waals surface area contributed by atoms with Crippen LogP contribution < -0.4 is 0 Å². The van der Waals surface area contributed by atoms with Crippen LogP contribution in [0.2, 0.25) is 0 Å². The van der Waals surface area contributed by atoms with Gasteiger partial charge in [0.1, 0.15) is 0 Å². The third kappa shape index (κ3) is 3.10. The van der Waals surface area contributed by atoms with Crippen molar-refractivity contribution in [3.05, 3.63) is 69.8 Å². The summed E-state index contributed by atoms with van der Waals surface area (Å²) in [7, 11) is 0. The predicted molar refractivity (Wildman–Crippen MR) is 85.1 cm³/mol. The highest BCUT2D eigenvalue weighted by atomic mass is 16.3. The van der Waals surface area contributed by atoms with E-state index in [4.69, 9.17) is 0 Å². The van der Waals surface area contributed by atoms with Gasteiger partial charge in [-0.2, -0.15) is 0 Å². The first-order chi connectivity index (χ1) is 9.52. The Balaban J connectivity index is 2.30. The molecule has 2 rings (SSSR count). The van der Waals surface area contributed by atoms with Gasteiger partial charge >= 0.3 is 0 Å². The van der Waals surface area contributed by atoms with E-state index in [1.165, 1.54) is 27.8 Å². The van der Waals surface area contributed by atoms with Crippen LogP contribution in [0.25, 0.3) is 0 Å². The predicted octanol–water partition coefficient (Wildman–Crippen LogP) is 4.45. The van der Waals surface area contributed by atoms with E-state index >= 15 is 0 Å². The molecule has 0 radical (unpaired) electrons. The molecule has 0 aliphatic heterocycles. The molecule has 0 saturated carbocycles. The lowest BCUT2D eigenvalue weighted by molar-refractivity contribution is 0.177. The van der Waals surface area contributed by atoms with Gasteiger partial charge in [-0.3, -0.25) is 0 Å². The minimum absolute atomic E-state index is 0.425. The fraction of sp³-hybridized carbons (Fsp3) is 0.368. The quantitative estimate of drug-likeness (QED) is 0.868. The zero-order valence-corrected chi connectivity index (χ0v) is 12.9. The van der Waals surface area contributed by atoms with E-state index in [2.05, 4.69) is 45.9 Å². The average Bonchev–Trinajstić information content (AvgIpc) is 2.42. The van der Waals surface area contributed by atoms with Crippen LogP contribution in [0.5, 0.6) is 0 Å². The fourth-order valence-electron chi connectivity index (χ4n) is 3.02. The van der Waals surface area contributed by atoms with Gasteiger partial charge in [-0.1, -0.05) is 48.9 Å². The Hall–Kier alpha value is -1.60. The van der Waals surface area contributed by atoms with E-state index in [0.717, 1.165) is 12.0 Å². The van der Waals surface area contributed by atoms with Crippen LogP contribution in [-0.4, -0.2) is 5.11 Å². The van der Waals surface area contributed by atoms with Crippen LogP contribution >= 0.6 is 0 Å². The molecule has 0 bridgehead atoms. The molecule has 0 heterocycles. The van der Waals surface area contributed by atoms with Crippen LogP contribution in [-0.2, 0) is 12.8 Å². The van der Waals surface area contributed by atoms with Gasteiger partial charge in [0.05, 0.1) is 6.10 Å². The fourth-order valence-corrected chi connectivity index (χ4v) is 3.02. The summed E-state index contributed by atoms with van der Waals surface area (Å²) in [5.41, 5.74) is 7.41. The molecule has 1 atom stereocenters.